The Hall–Kier alpha value is -2.62. The number of rotatable bonds is 6. The van der Waals surface area contributed by atoms with Crippen LogP contribution in [0.2, 0.25) is 0 Å². The Kier molecular flexibility index (Phi) is 4.97. The van der Waals surface area contributed by atoms with Crippen molar-refractivity contribution in [2.45, 2.75) is 31.5 Å². The van der Waals surface area contributed by atoms with Gasteiger partial charge in [-0.25, -0.2) is 9.37 Å². The van der Waals surface area contributed by atoms with Crippen LogP contribution in [-0.2, 0) is 4.79 Å². The molecule has 154 valence electrons. The van der Waals surface area contributed by atoms with Gasteiger partial charge in [0.05, 0.1) is 17.1 Å². The Bertz CT molecular complexity index is 1050. The number of nitrogens with zero attached hydrogens (tertiary/aromatic N) is 1. The predicted molar refractivity (Wildman–Crippen MR) is 99.3 cm³/mol. The highest BCUT2D eigenvalue weighted by Crippen LogP contribution is 2.47. The Morgan fingerprint density at radius 1 is 1.38 bits per heavy atom. The van der Waals surface area contributed by atoms with Crippen molar-refractivity contribution in [1.82, 2.24) is 15.3 Å². The summed E-state index contributed by atoms with van der Waals surface area (Å²) in [6, 6.07) is 7.02. The molecule has 3 aromatic rings. The number of benzene rings is 1. The number of imidazole rings is 1. The number of hydrogen-bond donors (Lipinski definition) is 2. The van der Waals surface area contributed by atoms with Gasteiger partial charge in [-0.1, -0.05) is 0 Å². The van der Waals surface area contributed by atoms with Gasteiger partial charge in [-0.3, -0.25) is 4.79 Å². The molecule has 5 nitrogen and oxygen atoms in total. The van der Waals surface area contributed by atoms with Gasteiger partial charge in [0.25, 0.3) is 0 Å². The zero-order valence-electron chi connectivity index (χ0n) is 15.2. The van der Waals surface area contributed by atoms with Gasteiger partial charge in [0.1, 0.15) is 11.6 Å². The molecular formula is C19H17F4N3O2S. The smallest absolute Gasteiger partial charge is 0.422 e. The van der Waals surface area contributed by atoms with Crippen LogP contribution in [0.25, 0.3) is 11.0 Å². The van der Waals surface area contributed by atoms with E-state index in [1.807, 2.05) is 0 Å². The fourth-order valence-electron chi connectivity index (χ4n) is 3.15. The first-order chi connectivity index (χ1) is 13.7. The van der Waals surface area contributed by atoms with Crippen LogP contribution in [0.4, 0.5) is 17.6 Å². The van der Waals surface area contributed by atoms with E-state index in [1.165, 1.54) is 18.2 Å². The molecule has 3 atom stereocenters. The summed E-state index contributed by atoms with van der Waals surface area (Å²) < 4.78 is 54.7. The Balaban J connectivity index is 1.34. The lowest BCUT2D eigenvalue weighted by Gasteiger charge is -2.12. The molecule has 2 aromatic heterocycles. The summed E-state index contributed by atoms with van der Waals surface area (Å²) in [7, 11) is 0. The lowest BCUT2D eigenvalue weighted by molar-refractivity contribution is -0.152. The normalized spacial score (nSPS) is 19.9. The van der Waals surface area contributed by atoms with E-state index in [4.69, 9.17) is 4.74 Å². The number of carbonyl (C=O) groups excluding carboxylic acids is 1. The number of ether oxygens (including phenoxy) is 1. The highest BCUT2D eigenvalue weighted by atomic mass is 32.1. The number of halogens is 4. The summed E-state index contributed by atoms with van der Waals surface area (Å²) in [4.78, 5) is 20.7. The first kappa shape index (κ1) is 19.7. The lowest BCUT2D eigenvalue weighted by atomic mass is 10.2. The van der Waals surface area contributed by atoms with E-state index in [-0.39, 0.29) is 34.7 Å². The van der Waals surface area contributed by atoms with Gasteiger partial charge in [-0.05, 0) is 43.7 Å². The standard InChI is InChI=1S/C19H17F4N3O2S/c1-9(15-4-5-16(29-15)28-8-19(21,22)23)24-18(27)12-7-11(12)17-25-13-3-2-10(20)6-14(13)26-17/h2-6,9,11-12H,7-8H2,1H3,(H,24,27)(H,25,26)/t9?,11-,12-/m0/s1. The van der Waals surface area contributed by atoms with Crippen LogP contribution in [0.15, 0.2) is 30.3 Å². The molecule has 1 aromatic carbocycles. The largest absolute Gasteiger partial charge is 0.475 e. The third-order valence-corrected chi connectivity index (χ3v) is 5.89. The van der Waals surface area contributed by atoms with Crippen LogP contribution < -0.4 is 10.1 Å². The number of hydrogen-bond acceptors (Lipinski definition) is 4. The Labute approximate surface area is 167 Å². The molecule has 1 aliphatic carbocycles. The van der Waals surface area contributed by atoms with Crippen molar-refractivity contribution in [3.05, 3.63) is 46.9 Å². The molecule has 2 heterocycles. The Morgan fingerprint density at radius 2 is 2.17 bits per heavy atom. The molecule has 1 saturated carbocycles. The van der Waals surface area contributed by atoms with Crippen LogP contribution in [-0.4, -0.2) is 28.7 Å². The van der Waals surface area contributed by atoms with Gasteiger partial charge >= 0.3 is 6.18 Å². The number of thiophene rings is 1. The zero-order chi connectivity index (χ0) is 20.8. The van der Waals surface area contributed by atoms with E-state index < -0.39 is 12.8 Å². The molecule has 4 rings (SSSR count). The molecule has 0 radical (unpaired) electrons. The molecule has 2 N–H and O–H groups in total. The van der Waals surface area contributed by atoms with Gasteiger partial charge in [0, 0.05) is 16.7 Å². The predicted octanol–water partition coefficient (Wildman–Crippen LogP) is 4.69. The van der Waals surface area contributed by atoms with Crippen molar-refractivity contribution in [2.75, 3.05) is 6.61 Å². The second-order valence-corrected chi connectivity index (χ2v) is 8.10. The molecule has 0 saturated heterocycles. The van der Waals surface area contributed by atoms with Crippen molar-refractivity contribution >= 4 is 28.3 Å². The zero-order valence-corrected chi connectivity index (χ0v) is 16.0. The highest BCUT2D eigenvalue weighted by molar-refractivity contribution is 7.13. The van der Waals surface area contributed by atoms with Crippen molar-refractivity contribution in [3.63, 3.8) is 0 Å². The number of H-pyrrole nitrogens is 1. The van der Waals surface area contributed by atoms with E-state index in [2.05, 4.69) is 15.3 Å². The number of amides is 1. The summed E-state index contributed by atoms with van der Waals surface area (Å²) >= 11 is 1.07. The highest BCUT2D eigenvalue weighted by Gasteiger charge is 2.46. The molecule has 1 unspecified atom stereocenters. The van der Waals surface area contributed by atoms with Gasteiger partial charge < -0.3 is 15.0 Å². The summed E-state index contributed by atoms with van der Waals surface area (Å²) in [6.07, 6.45) is -3.77. The van der Waals surface area contributed by atoms with Crippen LogP contribution >= 0.6 is 11.3 Å². The van der Waals surface area contributed by atoms with Crippen molar-refractivity contribution < 1.29 is 27.1 Å². The number of fused-ring (bicyclic) bond motifs is 1. The van der Waals surface area contributed by atoms with Crippen molar-refractivity contribution in [1.29, 1.82) is 0 Å². The first-order valence-corrected chi connectivity index (χ1v) is 9.76. The van der Waals surface area contributed by atoms with Gasteiger partial charge in [-0.15, -0.1) is 11.3 Å². The third kappa shape index (κ3) is 4.52. The summed E-state index contributed by atoms with van der Waals surface area (Å²) in [5, 5.41) is 3.03. The summed E-state index contributed by atoms with van der Waals surface area (Å²) in [5.74, 6) is -0.172. The van der Waals surface area contributed by atoms with E-state index in [1.54, 1.807) is 19.1 Å². The second kappa shape index (κ2) is 7.33. The minimum Gasteiger partial charge on any atom is -0.475 e. The number of nitrogens with one attached hydrogen (secondary N) is 2. The Morgan fingerprint density at radius 3 is 2.93 bits per heavy atom. The molecule has 1 amide bonds. The molecule has 0 aliphatic heterocycles. The fourth-order valence-corrected chi connectivity index (χ4v) is 4.01. The molecule has 10 heteroatoms. The first-order valence-electron chi connectivity index (χ1n) is 8.94. The number of aromatic nitrogens is 2. The van der Waals surface area contributed by atoms with E-state index in [9.17, 15) is 22.4 Å². The maximum atomic E-state index is 13.3. The van der Waals surface area contributed by atoms with Crippen LogP contribution in [0.1, 0.15) is 36.0 Å². The van der Waals surface area contributed by atoms with E-state index in [0.29, 0.717) is 28.2 Å². The monoisotopic (exact) mass is 427 g/mol. The summed E-state index contributed by atoms with van der Waals surface area (Å²) in [5.41, 5.74) is 1.23. The number of aromatic amines is 1. The molecule has 1 fully saturated rings. The van der Waals surface area contributed by atoms with Gasteiger partial charge in [0.15, 0.2) is 11.7 Å². The van der Waals surface area contributed by atoms with Crippen LogP contribution in [0.3, 0.4) is 0 Å². The van der Waals surface area contributed by atoms with Crippen molar-refractivity contribution in [2.24, 2.45) is 5.92 Å². The fraction of sp³-hybridized carbons (Fsp3) is 0.368. The molecular weight excluding hydrogens is 410 g/mol. The quantitative estimate of drug-likeness (QED) is 0.561. The SMILES string of the molecule is CC(NC(=O)[C@H]1C[C@@H]1c1nc2ccc(F)cc2[nH]1)c1ccc(OCC(F)(F)F)s1. The third-order valence-electron chi connectivity index (χ3n) is 4.71. The maximum Gasteiger partial charge on any atom is 0.422 e. The van der Waals surface area contributed by atoms with E-state index >= 15 is 0 Å². The maximum absolute atomic E-state index is 13.3. The molecule has 29 heavy (non-hydrogen) atoms. The summed E-state index contributed by atoms with van der Waals surface area (Å²) in [6.45, 7) is 0.414. The average molecular weight is 427 g/mol. The topological polar surface area (TPSA) is 67.0 Å². The van der Waals surface area contributed by atoms with Gasteiger partial charge in [-0.2, -0.15) is 13.2 Å². The second-order valence-electron chi connectivity index (χ2n) is 7.02. The molecule has 0 bridgehead atoms. The van der Waals surface area contributed by atoms with Crippen LogP contribution in [0.5, 0.6) is 5.06 Å². The minimum atomic E-state index is -4.40. The average Bonchev–Trinajstić information content (AvgIpc) is 3.11. The van der Waals surface area contributed by atoms with E-state index in [0.717, 1.165) is 11.3 Å². The van der Waals surface area contributed by atoms with Crippen molar-refractivity contribution in [3.8, 4) is 5.06 Å². The van der Waals surface area contributed by atoms with Crippen LogP contribution in [0, 0.1) is 11.7 Å². The lowest BCUT2D eigenvalue weighted by Crippen LogP contribution is -2.28. The number of alkyl halides is 3. The van der Waals surface area contributed by atoms with Gasteiger partial charge in [0.2, 0.25) is 5.91 Å². The minimum absolute atomic E-state index is 0.0633. The number of carbonyl (C=O) groups is 1. The molecule has 1 aliphatic rings. The molecule has 0 spiro atoms.